The van der Waals surface area contributed by atoms with Crippen molar-refractivity contribution in [2.75, 3.05) is 0 Å². The highest BCUT2D eigenvalue weighted by Crippen LogP contribution is 2.31. The fourth-order valence-corrected chi connectivity index (χ4v) is 2.23. The van der Waals surface area contributed by atoms with Gasteiger partial charge >= 0.3 is 6.18 Å². The van der Waals surface area contributed by atoms with Crippen molar-refractivity contribution in [3.8, 4) is 0 Å². The quantitative estimate of drug-likeness (QED) is 0.463. The van der Waals surface area contributed by atoms with E-state index in [-0.39, 0.29) is 23.2 Å². The lowest BCUT2D eigenvalue weighted by Gasteiger charge is -2.08. The van der Waals surface area contributed by atoms with Crippen LogP contribution in [0.4, 0.5) is 13.2 Å². The van der Waals surface area contributed by atoms with Crippen LogP contribution in [0.1, 0.15) is 22.5 Å². The van der Waals surface area contributed by atoms with E-state index in [2.05, 4.69) is 25.5 Å². The number of nitrogens with zero attached hydrogens (tertiary/aromatic N) is 4. The number of aromatic nitrogens is 2. The van der Waals surface area contributed by atoms with Crippen LogP contribution >= 0.6 is 23.2 Å². The predicted molar refractivity (Wildman–Crippen MR) is 94.3 cm³/mol. The highest BCUT2D eigenvalue weighted by atomic mass is 35.5. The van der Waals surface area contributed by atoms with E-state index in [1.807, 2.05) is 6.92 Å². The van der Waals surface area contributed by atoms with E-state index in [0.29, 0.717) is 16.9 Å². The number of alkyl halides is 3. The second kappa shape index (κ2) is 8.33. The lowest BCUT2D eigenvalue weighted by molar-refractivity contribution is -0.137. The summed E-state index contributed by atoms with van der Waals surface area (Å²) in [5.41, 5.74) is 8.62. The van der Waals surface area contributed by atoms with Crippen LogP contribution in [-0.2, 0) is 12.7 Å². The summed E-state index contributed by atoms with van der Waals surface area (Å²) < 4.78 is 37.7. The zero-order chi connectivity index (χ0) is 19.3. The second-order valence-corrected chi connectivity index (χ2v) is 5.92. The van der Waals surface area contributed by atoms with Crippen LogP contribution in [0.25, 0.3) is 0 Å². The number of rotatable bonds is 4. The minimum atomic E-state index is -4.51. The third-order valence-electron chi connectivity index (χ3n) is 3.02. The summed E-state index contributed by atoms with van der Waals surface area (Å²) in [5, 5.41) is 4.10. The van der Waals surface area contributed by atoms with Crippen LogP contribution < -0.4 is 11.2 Å². The Balaban J connectivity index is 1.99. The molecule has 0 saturated carbocycles. The van der Waals surface area contributed by atoms with Gasteiger partial charge in [0.2, 0.25) is 5.96 Å². The minimum absolute atomic E-state index is 0.0813. The summed E-state index contributed by atoms with van der Waals surface area (Å²) in [6.45, 7) is 1.73. The smallest absolute Gasteiger partial charge is 0.369 e. The largest absolute Gasteiger partial charge is 0.417 e. The van der Waals surface area contributed by atoms with E-state index in [1.54, 1.807) is 12.3 Å². The third-order valence-corrected chi connectivity index (χ3v) is 3.65. The Labute approximate surface area is 157 Å². The van der Waals surface area contributed by atoms with E-state index in [1.165, 1.54) is 6.21 Å². The van der Waals surface area contributed by atoms with E-state index in [4.69, 9.17) is 28.9 Å². The molecular formula is C15H13Cl2F3N6. The summed E-state index contributed by atoms with van der Waals surface area (Å²) in [6, 6.07) is 2.51. The van der Waals surface area contributed by atoms with Crippen molar-refractivity contribution in [2.24, 2.45) is 15.8 Å². The van der Waals surface area contributed by atoms with Crippen molar-refractivity contribution in [2.45, 2.75) is 19.6 Å². The van der Waals surface area contributed by atoms with E-state index < -0.39 is 11.7 Å². The molecule has 0 aliphatic carbocycles. The topological polar surface area (TPSA) is 88.5 Å². The number of guanidine groups is 1. The van der Waals surface area contributed by atoms with Gasteiger partial charge in [-0.3, -0.25) is 9.97 Å². The molecule has 2 aromatic rings. The summed E-state index contributed by atoms with van der Waals surface area (Å²) in [4.78, 5) is 11.6. The molecule has 6 nitrogen and oxygen atoms in total. The fraction of sp³-hybridized carbons (Fsp3) is 0.200. The molecule has 0 fully saturated rings. The Morgan fingerprint density at radius 1 is 1.23 bits per heavy atom. The summed E-state index contributed by atoms with van der Waals surface area (Å²) in [7, 11) is 0. The molecule has 0 aliphatic heterocycles. The van der Waals surface area contributed by atoms with Crippen LogP contribution in [0.3, 0.4) is 0 Å². The number of nitrogens with one attached hydrogen (secondary N) is 1. The number of halogens is 5. The molecule has 0 radical (unpaired) electrons. The number of hydrogen-bond acceptors (Lipinski definition) is 4. The lowest BCUT2D eigenvalue weighted by Crippen LogP contribution is -2.27. The number of aliphatic imine (C=N–C) groups is 1. The van der Waals surface area contributed by atoms with Gasteiger partial charge in [-0.25, -0.2) is 10.4 Å². The Morgan fingerprint density at radius 2 is 1.96 bits per heavy atom. The Hall–Kier alpha value is -2.39. The molecule has 26 heavy (non-hydrogen) atoms. The summed E-state index contributed by atoms with van der Waals surface area (Å²) >= 11 is 11.8. The SMILES string of the molecule is Cc1cnc(/C=N/NC(N)=NCc2ncc(C(F)(F)F)cc2Cl)c(Cl)c1. The van der Waals surface area contributed by atoms with E-state index >= 15 is 0 Å². The molecule has 0 aromatic carbocycles. The van der Waals surface area contributed by atoms with Gasteiger partial charge in [-0.15, -0.1) is 0 Å². The first-order valence-electron chi connectivity index (χ1n) is 7.09. The average Bonchev–Trinajstić information content (AvgIpc) is 2.55. The lowest BCUT2D eigenvalue weighted by atomic mass is 10.2. The summed E-state index contributed by atoms with van der Waals surface area (Å²) in [5.74, 6) is -0.0813. The van der Waals surface area contributed by atoms with Crippen molar-refractivity contribution in [1.29, 1.82) is 0 Å². The highest BCUT2D eigenvalue weighted by Gasteiger charge is 2.31. The Bertz CT molecular complexity index is 852. The molecule has 0 spiro atoms. The van der Waals surface area contributed by atoms with Gasteiger partial charge in [-0.05, 0) is 24.6 Å². The maximum atomic E-state index is 12.6. The van der Waals surface area contributed by atoms with Gasteiger partial charge < -0.3 is 5.73 Å². The molecule has 2 aromatic heterocycles. The predicted octanol–water partition coefficient (Wildman–Crippen LogP) is 3.55. The maximum absolute atomic E-state index is 12.6. The molecule has 2 heterocycles. The maximum Gasteiger partial charge on any atom is 0.417 e. The van der Waals surface area contributed by atoms with E-state index in [0.717, 1.165) is 11.6 Å². The summed E-state index contributed by atoms with van der Waals surface area (Å²) in [6.07, 6.45) is -0.848. The molecule has 0 saturated heterocycles. The monoisotopic (exact) mass is 404 g/mol. The zero-order valence-corrected chi connectivity index (χ0v) is 14.9. The normalized spacial score (nSPS) is 12.6. The van der Waals surface area contributed by atoms with Crippen molar-refractivity contribution >= 4 is 35.4 Å². The first-order chi connectivity index (χ1) is 12.2. The van der Waals surface area contributed by atoms with Crippen LogP contribution in [0.2, 0.25) is 10.0 Å². The number of aryl methyl sites for hydroxylation is 1. The van der Waals surface area contributed by atoms with Crippen molar-refractivity contribution in [3.05, 3.63) is 57.1 Å². The van der Waals surface area contributed by atoms with Gasteiger partial charge in [-0.2, -0.15) is 18.3 Å². The Morgan fingerprint density at radius 3 is 2.58 bits per heavy atom. The average molecular weight is 405 g/mol. The van der Waals surface area contributed by atoms with Gasteiger partial charge in [0, 0.05) is 12.4 Å². The van der Waals surface area contributed by atoms with Gasteiger partial charge in [0.1, 0.15) is 5.69 Å². The van der Waals surface area contributed by atoms with Crippen LogP contribution in [0.5, 0.6) is 0 Å². The molecule has 0 atom stereocenters. The van der Waals surface area contributed by atoms with Crippen molar-refractivity contribution < 1.29 is 13.2 Å². The molecule has 0 unspecified atom stereocenters. The minimum Gasteiger partial charge on any atom is -0.369 e. The molecule has 11 heteroatoms. The molecule has 0 amide bonds. The second-order valence-electron chi connectivity index (χ2n) is 5.10. The molecule has 138 valence electrons. The molecule has 0 aliphatic rings. The fourth-order valence-electron chi connectivity index (χ4n) is 1.73. The first kappa shape index (κ1) is 19.9. The first-order valence-corrected chi connectivity index (χ1v) is 7.85. The molecular weight excluding hydrogens is 392 g/mol. The standard InChI is InChI=1S/C15H13Cl2F3N6/c1-8-2-10(16)13(22-4-8)7-25-26-14(21)24-6-12-11(17)3-9(5-23-12)15(18,19)20/h2-5,7H,6H2,1H3,(H3,21,24,26)/b25-7+. The zero-order valence-electron chi connectivity index (χ0n) is 13.3. The van der Waals surface area contributed by atoms with Crippen molar-refractivity contribution in [1.82, 2.24) is 15.4 Å². The molecule has 3 N–H and O–H groups in total. The number of hydrazone groups is 1. The Kier molecular flexibility index (Phi) is 6.38. The van der Waals surface area contributed by atoms with Gasteiger partial charge in [-0.1, -0.05) is 23.2 Å². The molecule has 2 rings (SSSR count). The number of pyridine rings is 2. The van der Waals surface area contributed by atoms with Crippen LogP contribution in [0.15, 0.2) is 34.6 Å². The third kappa shape index (κ3) is 5.57. The van der Waals surface area contributed by atoms with Gasteiger partial charge in [0.05, 0.1) is 34.1 Å². The highest BCUT2D eigenvalue weighted by molar-refractivity contribution is 6.32. The van der Waals surface area contributed by atoms with Gasteiger partial charge in [0.25, 0.3) is 0 Å². The van der Waals surface area contributed by atoms with Crippen molar-refractivity contribution in [3.63, 3.8) is 0 Å². The van der Waals surface area contributed by atoms with E-state index in [9.17, 15) is 13.2 Å². The van der Waals surface area contributed by atoms with Crippen LogP contribution in [-0.4, -0.2) is 22.1 Å². The van der Waals surface area contributed by atoms with Crippen LogP contribution in [0, 0.1) is 6.92 Å². The molecule has 0 bridgehead atoms. The van der Waals surface area contributed by atoms with Gasteiger partial charge in [0.15, 0.2) is 0 Å². The number of nitrogens with two attached hydrogens (primary N) is 1. The number of hydrogen-bond donors (Lipinski definition) is 2.